The van der Waals surface area contributed by atoms with Gasteiger partial charge in [0.05, 0.1) is 17.1 Å². The van der Waals surface area contributed by atoms with Crippen molar-refractivity contribution in [2.24, 2.45) is 0 Å². The second kappa shape index (κ2) is 5.77. The number of ether oxygens (including phenoxy) is 1. The summed E-state index contributed by atoms with van der Waals surface area (Å²) in [6, 6.07) is 7.62. The first-order valence-electron chi connectivity index (χ1n) is 6.53. The Bertz CT molecular complexity index is 600. The zero-order valence-corrected chi connectivity index (χ0v) is 12.2. The first kappa shape index (κ1) is 14.1. The monoisotopic (exact) mass is 273 g/mol. The number of anilines is 1. The van der Waals surface area contributed by atoms with Crippen LogP contribution in [0.2, 0.25) is 0 Å². The minimum absolute atomic E-state index is 0.195. The van der Waals surface area contributed by atoms with E-state index in [-0.39, 0.29) is 5.91 Å². The number of hydrogen-bond donors (Lipinski definition) is 2. The molecular weight excluding hydrogens is 254 g/mol. The number of aromatic nitrogens is 2. The van der Waals surface area contributed by atoms with E-state index >= 15 is 0 Å². The fraction of sp³-hybridized carbons (Fsp3) is 0.333. The second-order valence-electron chi connectivity index (χ2n) is 4.87. The molecule has 0 saturated heterocycles. The first-order valence-corrected chi connectivity index (χ1v) is 6.53. The zero-order valence-electron chi connectivity index (χ0n) is 12.2. The van der Waals surface area contributed by atoms with E-state index in [9.17, 15) is 4.79 Å². The quantitative estimate of drug-likeness (QED) is 0.900. The highest BCUT2D eigenvalue weighted by Gasteiger charge is 2.17. The number of aryl methyl sites for hydroxylation is 3. The van der Waals surface area contributed by atoms with Crippen molar-refractivity contribution in [2.75, 3.05) is 5.32 Å². The van der Waals surface area contributed by atoms with Crippen molar-refractivity contribution < 1.29 is 9.53 Å². The predicted octanol–water partition coefficient (Wildman–Crippen LogP) is 2.74. The van der Waals surface area contributed by atoms with E-state index in [4.69, 9.17) is 4.74 Å². The highest BCUT2D eigenvalue weighted by Crippen LogP contribution is 2.18. The molecule has 0 aliphatic carbocycles. The molecule has 2 aromatic rings. The first-order chi connectivity index (χ1) is 9.47. The van der Waals surface area contributed by atoms with Gasteiger partial charge in [-0.25, -0.2) is 0 Å². The van der Waals surface area contributed by atoms with Crippen LogP contribution in [0.15, 0.2) is 24.3 Å². The molecule has 1 unspecified atom stereocenters. The van der Waals surface area contributed by atoms with E-state index in [1.807, 2.05) is 45.0 Å². The summed E-state index contributed by atoms with van der Waals surface area (Å²) in [5.74, 6) is 0.493. The molecule has 0 aliphatic heterocycles. The van der Waals surface area contributed by atoms with Crippen molar-refractivity contribution in [3.8, 4) is 5.75 Å². The van der Waals surface area contributed by atoms with Gasteiger partial charge in [-0.3, -0.25) is 9.89 Å². The van der Waals surface area contributed by atoms with Gasteiger partial charge >= 0.3 is 0 Å². The Hall–Kier alpha value is -2.30. The molecule has 0 bridgehead atoms. The van der Waals surface area contributed by atoms with E-state index in [1.54, 1.807) is 6.92 Å². The minimum Gasteiger partial charge on any atom is -0.481 e. The number of amides is 1. The SMILES string of the molecule is Cc1cccc(OC(C)C(=O)Nc2c(C)n[nH]c2C)c1. The summed E-state index contributed by atoms with van der Waals surface area (Å²) >= 11 is 0. The summed E-state index contributed by atoms with van der Waals surface area (Å²) in [5.41, 5.74) is 3.41. The van der Waals surface area contributed by atoms with Crippen LogP contribution < -0.4 is 10.1 Å². The third kappa shape index (κ3) is 3.17. The molecule has 5 nitrogen and oxygen atoms in total. The van der Waals surface area contributed by atoms with Crippen LogP contribution in [0, 0.1) is 20.8 Å². The molecule has 0 radical (unpaired) electrons. The summed E-state index contributed by atoms with van der Waals surface area (Å²) in [4.78, 5) is 12.1. The van der Waals surface area contributed by atoms with Crippen molar-refractivity contribution >= 4 is 11.6 Å². The van der Waals surface area contributed by atoms with E-state index in [2.05, 4.69) is 15.5 Å². The fourth-order valence-electron chi connectivity index (χ4n) is 1.91. The molecular formula is C15H19N3O2. The molecule has 20 heavy (non-hydrogen) atoms. The number of carbonyl (C=O) groups excluding carboxylic acids is 1. The molecule has 106 valence electrons. The third-order valence-electron chi connectivity index (χ3n) is 3.05. The third-order valence-corrected chi connectivity index (χ3v) is 3.05. The number of hydrogen-bond acceptors (Lipinski definition) is 3. The Kier molecular flexibility index (Phi) is 4.08. The molecule has 1 heterocycles. The number of nitrogens with zero attached hydrogens (tertiary/aromatic N) is 1. The number of rotatable bonds is 4. The van der Waals surface area contributed by atoms with Crippen molar-refractivity contribution in [1.82, 2.24) is 10.2 Å². The fourth-order valence-corrected chi connectivity index (χ4v) is 1.91. The van der Waals surface area contributed by atoms with Gasteiger partial charge in [0.1, 0.15) is 5.75 Å². The molecule has 0 saturated carbocycles. The van der Waals surface area contributed by atoms with Crippen LogP contribution in [-0.4, -0.2) is 22.2 Å². The summed E-state index contributed by atoms with van der Waals surface area (Å²) in [6.07, 6.45) is -0.578. The molecule has 2 N–H and O–H groups in total. The van der Waals surface area contributed by atoms with Crippen molar-refractivity contribution in [3.05, 3.63) is 41.2 Å². The topological polar surface area (TPSA) is 67.0 Å². The van der Waals surface area contributed by atoms with Crippen LogP contribution in [0.5, 0.6) is 5.75 Å². The van der Waals surface area contributed by atoms with Gasteiger partial charge in [-0.2, -0.15) is 5.10 Å². The Morgan fingerprint density at radius 3 is 2.70 bits per heavy atom. The van der Waals surface area contributed by atoms with E-state index < -0.39 is 6.10 Å². The Balaban J connectivity index is 2.02. The standard InChI is InChI=1S/C15H19N3O2/c1-9-6-5-7-13(8-9)20-12(4)15(19)16-14-10(2)17-18-11(14)3/h5-8,12H,1-4H3,(H,16,19)(H,17,18). The lowest BCUT2D eigenvalue weighted by Gasteiger charge is -2.15. The lowest BCUT2D eigenvalue weighted by molar-refractivity contribution is -0.122. The number of H-pyrrole nitrogens is 1. The maximum Gasteiger partial charge on any atom is 0.265 e. The second-order valence-corrected chi connectivity index (χ2v) is 4.87. The molecule has 1 aromatic heterocycles. The molecule has 0 spiro atoms. The molecule has 2 rings (SSSR count). The van der Waals surface area contributed by atoms with Gasteiger partial charge in [0.2, 0.25) is 0 Å². The number of carbonyl (C=O) groups is 1. The molecule has 1 aromatic carbocycles. The highest BCUT2D eigenvalue weighted by atomic mass is 16.5. The van der Waals surface area contributed by atoms with Crippen LogP contribution in [-0.2, 0) is 4.79 Å². The number of benzene rings is 1. The molecule has 1 amide bonds. The highest BCUT2D eigenvalue weighted by molar-refractivity contribution is 5.95. The average molecular weight is 273 g/mol. The molecule has 5 heteroatoms. The van der Waals surface area contributed by atoms with Gasteiger partial charge in [-0.05, 0) is 45.4 Å². The zero-order chi connectivity index (χ0) is 14.7. The summed E-state index contributed by atoms with van der Waals surface area (Å²) < 4.78 is 5.64. The lowest BCUT2D eigenvalue weighted by Crippen LogP contribution is -2.30. The normalized spacial score (nSPS) is 12.0. The van der Waals surface area contributed by atoms with E-state index in [1.165, 1.54) is 0 Å². The van der Waals surface area contributed by atoms with Gasteiger partial charge in [-0.15, -0.1) is 0 Å². The smallest absolute Gasteiger partial charge is 0.265 e. The summed E-state index contributed by atoms with van der Waals surface area (Å²) in [5, 5.41) is 9.71. The van der Waals surface area contributed by atoms with Gasteiger partial charge < -0.3 is 10.1 Å². The molecule has 1 atom stereocenters. The molecule has 0 fully saturated rings. The Labute approximate surface area is 118 Å². The maximum atomic E-state index is 12.1. The van der Waals surface area contributed by atoms with Crippen LogP contribution in [0.3, 0.4) is 0 Å². The molecule has 0 aliphatic rings. The van der Waals surface area contributed by atoms with Crippen LogP contribution >= 0.6 is 0 Å². The average Bonchev–Trinajstić information content (AvgIpc) is 2.70. The van der Waals surface area contributed by atoms with Gasteiger partial charge in [0, 0.05) is 0 Å². The minimum atomic E-state index is -0.578. The van der Waals surface area contributed by atoms with Crippen molar-refractivity contribution in [3.63, 3.8) is 0 Å². The van der Waals surface area contributed by atoms with Gasteiger partial charge in [0.25, 0.3) is 5.91 Å². The number of nitrogens with one attached hydrogen (secondary N) is 2. The Morgan fingerprint density at radius 2 is 2.10 bits per heavy atom. The van der Waals surface area contributed by atoms with Crippen molar-refractivity contribution in [1.29, 1.82) is 0 Å². The summed E-state index contributed by atoms with van der Waals surface area (Å²) in [7, 11) is 0. The van der Waals surface area contributed by atoms with Crippen LogP contribution in [0.1, 0.15) is 23.9 Å². The van der Waals surface area contributed by atoms with Crippen LogP contribution in [0.4, 0.5) is 5.69 Å². The van der Waals surface area contributed by atoms with E-state index in [0.29, 0.717) is 5.75 Å². The van der Waals surface area contributed by atoms with Crippen LogP contribution in [0.25, 0.3) is 0 Å². The van der Waals surface area contributed by atoms with Crippen molar-refractivity contribution in [2.45, 2.75) is 33.8 Å². The Morgan fingerprint density at radius 1 is 1.35 bits per heavy atom. The largest absolute Gasteiger partial charge is 0.481 e. The van der Waals surface area contributed by atoms with E-state index in [0.717, 1.165) is 22.6 Å². The maximum absolute atomic E-state index is 12.1. The van der Waals surface area contributed by atoms with Gasteiger partial charge in [-0.1, -0.05) is 12.1 Å². The predicted molar refractivity (Wildman–Crippen MR) is 78.0 cm³/mol. The summed E-state index contributed by atoms with van der Waals surface area (Å²) in [6.45, 7) is 7.41. The lowest BCUT2D eigenvalue weighted by atomic mass is 10.2. The number of aromatic amines is 1. The van der Waals surface area contributed by atoms with Gasteiger partial charge in [0.15, 0.2) is 6.10 Å².